The van der Waals surface area contributed by atoms with Crippen LogP contribution >= 0.6 is 0 Å². The van der Waals surface area contributed by atoms with Gasteiger partial charge in [-0.25, -0.2) is 0 Å². The largest absolute Gasteiger partial charge is 0.497 e. The van der Waals surface area contributed by atoms with E-state index < -0.39 is 0 Å². The van der Waals surface area contributed by atoms with Crippen molar-refractivity contribution in [2.45, 2.75) is 27.3 Å². The van der Waals surface area contributed by atoms with Gasteiger partial charge < -0.3 is 9.30 Å². The van der Waals surface area contributed by atoms with E-state index in [0.29, 0.717) is 0 Å². The standard InChI is InChI=1S/C23H23NO/c1-15-5-9-18(10-6-15)14-24-21-12-11-19(25-4)13-20(21)22-16(2)7-8-17(3)23(22)24/h5-13H,14H2,1-4H3. The smallest absolute Gasteiger partial charge is 0.119 e. The molecule has 2 heteroatoms. The minimum Gasteiger partial charge on any atom is -0.497 e. The van der Waals surface area contributed by atoms with Crippen LogP contribution in [0.2, 0.25) is 0 Å². The van der Waals surface area contributed by atoms with Gasteiger partial charge in [0.15, 0.2) is 0 Å². The molecule has 0 bridgehead atoms. The van der Waals surface area contributed by atoms with Gasteiger partial charge >= 0.3 is 0 Å². The third kappa shape index (κ3) is 2.58. The van der Waals surface area contributed by atoms with Crippen LogP contribution in [0.1, 0.15) is 22.3 Å². The lowest BCUT2D eigenvalue weighted by molar-refractivity contribution is 0.415. The lowest BCUT2D eigenvalue weighted by Crippen LogP contribution is -2.00. The molecule has 0 saturated carbocycles. The average molecular weight is 329 g/mol. The molecule has 126 valence electrons. The second-order valence-corrected chi connectivity index (χ2v) is 6.88. The Labute approximate surface area is 148 Å². The van der Waals surface area contributed by atoms with Crippen LogP contribution in [-0.2, 0) is 6.54 Å². The molecule has 2 nitrogen and oxygen atoms in total. The number of nitrogens with zero attached hydrogens (tertiary/aromatic N) is 1. The summed E-state index contributed by atoms with van der Waals surface area (Å²) in [4.78, 5) is 0. The molecule has 1 aromatic heterocycles. The van der Waals surface area contributed by atoms with E-state index in [4.69, 9.17) is 4.74 Å². The van der Waals surface area contributed by atoms with Gasteiger partial charge in [0.1, 0.15) is 5.75 Å². The first-order valence-electron chi connectivity index (χ1n) is 8.70. The Morgan fingerprint density at radius 3 is 2.28 bits per heavy atom. The number of rotatable bonds is 3. The molecule has 0 aliphatic rings. The molecule has 0 fully saturated rings. The Balaban J connectivity index is 2.03. The highest BCUT2D eigenvalue weighted by Gasteiger charge is 2.15. The van der Waals surface area contributed by atoms with Crippen LogP contribution in [0.15, 0.2) is 54.6 Å². The maximum atomic E-state index is 5.47. The molecule has 0 spiro atoms. The number of methoxy groups -OCH3 is 1. The summed E-state index contributed by atoms with van der Waals surface area (Å²) in [5, 5.41) is 2.60. The zero-order valence-electron chi connectivity index (χ0n) is 15.3. The fourth-order valence-electron chi connectivity index (χ4n) is 3.72. The van der Waals surface area contributed by atoms with Crippen molar-refractivity contribution in [2.24, 2.45) is 0 Å². The molecule has 0 aliphatic heterocycles. The minimum atomic E-state index is 0.872. The second kappa shape index (κ2) is 5.96. The molecular formula is C23H23NO. The first kappa shape index (κ1) is 15.8. The minimum absolute atomic E-state index is 0.872. The fourth-order valence-corrected chi connectivity index (χ4v) is 3.72. The summed E-state index contributed by atoms with van der Waals surface area (Å²) in [6.45, 7) is 7.39. The van der Waals surface area contributed by atoms with Crippen LogP contribution < -0.4 is 4.74 Å². The molecular weight excluding hydrogens is 306 g/mol. The summed E-state index contributed by atoms with van der Waals surface area (Å²) in [7, 11) is 1.73. The topological polar surface area (TPSA) is 14.2 Å². The third-order valence-electron chi connectivity index (χ3n) is 5.08. The zero-order chi connectivity index (χ0) is 17.6. The van der Waals surface area contributed by atoms with Crippen LogP contribution in [0.4, 0.5) is 0 Å². The SMILES string of the molecule is COc1ccc2c(c1)c1c(C)ccc(C)c1n2Cc1ccc(C)cc1. The van der Waals surface area contributed by atoms with Gasteiger partial charge in [0.25, 0.3) is 0 Å². The predicted molar refractivity (Wildman–Crippen MR) is 106 cm³/mol. The first-order chi connectivity index (χ1) is 12.1. The van der Waals surface area contributed by atoms with Gasteiger partial charge in [-0.2, -0.15) is 0 Å². The molecule has 0 aliphatic carbocycles. The van der Waals surface area contributed by atoms with Gasteiger partial charge in [0.05, 0.1) is 12.6 Å². The normalized spacial score (nSPS) is 11.4. The van der Waals surface area contributed by atoms with Gasteiger partial charge in [-0.1, -0.05) is 42.0 Å². The van der Waals surface area contributed by atoms with Crippen molar-refractivity contribution in [2.75, 3.05) is 7.11 Å². The van der Waals surface area contributed by atoms with Crippen LogP contribution in [0.5, 0.6) is 5.75 Å². The van der Waals surface area contributed by atoms with E-state index >= 15 is 0 Å². The van der Waals surface area contributed by atoms with Crippen LogP contribution in [0, 0.1) is 20.8 Å². The Morgan fingerprint density at radius 1 is 0.840 bits per heavy atom. The number of aromatic nitrogens is 1. The van der Waals surface area contributed by atoms with Crippen molar-refractivity contribution in [3.05, 3.63) is 76.9 Å². The Bertz CT molecular complexity index is 1070. The fraction of sp³-hybridized carbons (Fsp3) is 0.217. The molecule has 0 radical (unpaired) electrons. The molecule has 25 heavy (non-hydrogen) atoms. The molecule has 1 heterocycles. The first-order valence-corrected chi connectivity index (χ1v) is 8.70. The number of ether oxygens (including phenoxy) is 1. The van der Waals surface area contributed by atoms with Crippen LogP contribution in [0.3, 0.4) is 0 Å². The Morgan fingerprint density at radius 2 is 1.56 bits per heavy atom. The van der Waals surface area contributed by atoms with Crippen molar-refractivity contribution < 1.29 is 4.74 Å². The summed E-state index contributed by atoms with van der Waals surface area (Å²) < 4.78 is 7.91. The number of aryl methyl sites for hydroxylation is 3. The van der Waals surface area contributed by atoms with Gasteiger partial charge in [-0.3, -0.25) is 0 Å². The van der Waals surface area contributed by atoms with Crippen molar-refractivity contribution in [3.63, 3.8) is 0 Å². The van der Waals surface area contributed by atoms with E-state index in [-0.39, 0.29) is 0 Å². The van der Waals surface area contributed by atoms with Crippen molar-refractivity contribution in [1.82, 2.24) is 4.57 Å². The number of hydrogen-bond acceptors (Lipinski definition) is 1. The third-order valence-corrected chi connectivity index (χ3v) is 5.08. The molecule has 0 atom stereocenters. The Kier molecular flexibility index (Phi) is 3.76. The molecule has 0 amide bonds. The van der Waals surface area contributed by atoms with E-state index in [2.05, 4.69) is 79.9 Å². The summed E-state index contributed by atoms with van der Waals surface area (Å²) in [6, 6.07) is 19.7. The van der Waals surface area contributed by atoms with E-state index in [1.807, 2.05) is 0 Å². The maximum absolute atomic E-state index is 5.47. The predicted octanol–water partition coefficient (Wildman–Crippen LogP) is 5.78. The Hall–Kier alpha value is -2.74. The highest BCUT2D eigenvalue weighted by Crippen LogP contribution is 2.36. The highest BCUT2D eigenvalue weighted by molar-refractivity contribution is 6.11. The van der Waals surface area contributed by atoms with Gasteiger partial charge in [0.2, 0.25) is 0 Å². The molecule has 4 rings (SSSR count). The molecule has 0 saturated heterocycles. The monoisotopic (exact) mass is 329 g/mol. The molecule has 3 aromatic carbocycles. The number of benzene rings is 3. The van der Waals surface area contributed by atoms with E-state index in [9.17, 15) is 0 Å². The number of hydrogen-bond donors (Lipinski definition) is 0. The number of fused-ring (bicyclic) bond motifs is 3. The van der Waals surface area contributed by atoms with Gasteiger partial charge in [0, 0.05) is 22.8 Å². The average Bonchev–Trinajstić information content (AvgIpc) is 2.95. The summed E-state index contributed by atoms with van der Waals surface area (Å²) in [5.74, 6) is 0.905. The van der Waals surface area contributed by atoms with E-state index in [1.165, 1.54) is 44.1 Å². The lowest BCUT2D eigenvalue weighted by atomic mass is 10.0. The molecule has 0 N–H and O–H groups in total. The van der Waals surface area contributed by atoms with E-state index in [1.54, 1.807) is 7.11 Å². The van der Waals surface area contributed by atoms with Gasteiger partial charge in [-0.05, 0) is 55.7 Å². The molecule has 4 aromatic rings. The summed E-state index contributed by atoms with van der Waals surface area (Å²) >= 11 is 0. The maximum Gasteiger partial charge on any atom is 0.119 e. The van der Waals surface area contributed by atoms with Crippen LogP contribution in [-0.4, -0.2) is 11.7 Å². The van der Waals surface area contributed by atoms with Gasteiger partial charge in [-0.15, -0.1) is 0 Å². The van der Waals surface area contributed by atoms with Crippen molar-refractivity contribution in [1.29, 1.82) is 0 Å². The zero-order valence-corrected chi connectivity index (χ0v) is 15.3. The van der Waals surface area contributed by atoms with Crippen molar-refractivity contribution >= 4 is 21.8 Å². The van der Waals surface area contributed by atoms with Crippen molar-refractivity contribution in [3.8, 4) is 5.75 Å². The van der Waals surface area contributed by atoms with Crippen LogP contribution in [0.25, 0.3) is 21.8 Å². The second-order valence-electron chi connectivity index (χ2n) is 6.88. The lowest BCUT2D eigenvalue weighted by Gasteiger charge is -2.10. The summed E-state index contributed by atoms with van der Waals surface area (Å²) in [6.07, 6.45) is 0. The molecule has 0 unspecified atom stereocenters. The van der Waals surface area contributed by atoms with E-state index in [0.717, 1.165) is 12.3 Å². The summed E-state index contributed by atoms with van der Waals surface area (Å²) in [5.41, 5.74) is 7.81. The highest BCUT2D eigenvalue weighted by atomic mass is 16.5. The quantitative estimate of drug-likeness (QED) is 0.465.